The third kappa shape index (κ3) is 230. The predicted molar refractivity (Wildman–Crippen MR) is 11.1 cm³/mol. The van der Waals surface area contributed by atoms with Gasteiger partial charge in [-0.15, -0.1) is 0 Å². The van der Waals surface area contributed by atoms with Crippen LogP contribution in [0.5, 0.6) is 0 Å². The fraction of sp³-hybridized carbons (Fsp3) is 0. The molecular weight excluding hydrogens is 111 g/mol. The summed E-state index contributed by atoms with van der Waals surface area (Å²) in [5.74, 6) is 0. The van der Waals surface area contributed by atoms with Gasteiger partial charge in [0.2, 0.25) is 0 Å². The first-order valence-corrected chi connectivity index (χ1v) is 0.612. The first kappa shape index (κ1) is 16.1. The minimum Gasteiger partial charge on any atom is -0.652 e. The molecule has 0 radical (unpaired) electrons. The van der Waals surface area contributed by atoms with Crippen LogP contribution in [0.1, 0.15) is 0 Å². The van der Waals surface area contributed by atoms with Crippen LogP contribution in [-0.2, 0) is 0 Å². The van der Waals surface area contributed by atoms with Crippen LogP contribution < -0.4 is 39.8 Å². The quantitative estimate of drug-likeness (QED) is 0.292. The van der Waals surface area contributed by atoms with E-state index in [1.165, 1.54) is 0 Å². The van der Waals surface area contributed by atoms with Crippen molar-refractivity contribution in [3.63, 3.8) is 0 Å². The maximum absolute atomic E-state index is 8.33. The zero-order chi connectivity index (χ0) is 3.58. The molecule has 0 rings (SSSR count). The molecule has 0 atom stereocenters. The average Bonchev–Trinajstić information content (AvgIpc) is 0.811. The summed E-state index contributed by atoms with van der Waals surface area (Å²) < 4.78 is 0. The minimum absolute atomic E-state index is 0. The maximum Gasteiger partial charge on any atom is 4.00 e. The first-order chi connectivity index (χ1) is 1.73. The predicted octanol–water partition coefficient (Wildman–Crippen LogP) is -5.82. The zero-order valence-corrected chi connectivity index (χ0v) is 6.22. The summed E-state index contributed by atoms with van der Waals surface area (Å²) in [6.45, 7) is 0. The molecule has 0 bridgehead atoms. The summed E-state index contributed by atoms with van der Waals surface area (Å²) in [4.78, 5) is 8.33. The third-order valence-corrected chi connectivity index (χ3v) is 0. The van der Waals surface area contributed by atoms with Crippen LogP contribution in [0.25, 0.3) is 0 Å². The Morgan fingerprint density at radius 3 is 1.33 bits per heavy atom. The van der Waals surface area contributed by atoms with E-state index < -0.39 is 6.16 Å². The van der Waals surface area contributed by atoms with E-state index >= 15 is 0 Å². The van der Waals surface area contributed by atoms with E-state index in [0.29, 0.717) is 0 Å². The number of rotatable bonds is 0. The molecule has 0 aliphatic rings. The normalized spacial score (nSPS) is 4.00. The molecule has 0 aliphatic carbocycles. The van der Waals surface area contributed by atoms with Crippen molar-refractivity contribution >= 4 is 17.1 Å². The van der Waals surface area contributed by atoms with Crippen LogP contribution in [0, 0.1) is 0 Å². The third-order valence-electron chi connectivity index (χ3n) is 0. The molecule has 0 saturated heterocycles. The van der Waals surface area contributed by atoms with E-state index in [-0.39, 0.29) is 40.5 Å². The molecule has 24 valence electrons. The largest absolute Gasteiger partial charge is 4.00 e. The smallest absolute Gasteiger partial charge is 0.652 e. The second-order valence-corrected chi connectivity index (χ2v) is 0.250. The summed E-state index contributed by atoms with van der Waals surface area (Å²) in [6.07, 6.45) is -2.33. The second kappa shape index (κ2) is 9.09. The van der Waals surface area contributed by atoms with Gasteiger partial charge in [-0.1, -0.05) is 0 Å². The van der Waals surface area contributed by atoms with E-state index in [2.05, 4.69) is 0 Å². The Balaban J connectivity index is -0.0000000450. The summed E-state index contributed by atoms with van der Waals surface area (Å²) in [5.41, 5.74) is 0. The number of hydrogen-bond acceptors (Lipinski definition) is 3. The molecule has 6 heavy (non-hydrogen) atoms. The van der Waals surface area contributed by atoms with Gasteiger partial charge in [-0.25, -0.2) is 0 Å². The van der Waals surface area contributed by atoms with Gasteiger partial charge in [0.05, 0.1) is 0 Å². The van der Waals surface area contributed by atoms with Crippen LogP contribution in [0.3, 0.4) is 0 Å². The molecule has 0 spiro atoms. The molecule has 0 aliphatic heterocycles. The average molecular weight is 111 g/mol. The molecule has 0 N–H and O–H groups in total. The van der Waals surface area contributed by atoms with E-state index in [4.69, 9.17) is 15.0 Å². The second-order valence-electron chi connectivity index (χ2n) is 0.250. The van der Waals surface area contributed by atoms with E-state index in [1.54, 1.807) is 0 Å². The van der Waals surface area contributed by atoms with Gasteiger partial charge in [0, 0.05) is 0 Å². The first-order valence-electron chi connectivity index (χ1n) is 0.612. The van der Waals surface area contributed by atoms with Crippen molar-refractivity contribution in [1.29, 1.82) is 0 Å². The minimum atomic E-state index is -2.33. The van der Waals surface area contributed by atoms with E-state index in [9.17, 15) is 0 Å². The molecular formula is CNaO3Si+3. The van der Waals surface area contributed by atoms with Crippen molar-refractivity contribution in [2.75, 3.05) is 0 Å². The van der Waals surface area contributed by atoms with Crippen LogP contribution >= 0.6 is 0 Å². The van der Waals surface area contributed by atoms with Gasteiger partial charge < -0.3 is 15.0 Å². The molecule has 0 aromatic carbocycles. The summed E-state index contributed by atoms with van der Waals surface area (Å²) >= 11 is 0. The van der Waals surface area contributed by atoms with E-state index in [0.717, 1.165) is 0 Å². The van der Waals surface area contributed by atoms with Crippen molar-refractivity contribution < 1.29 is 44.6 Å². The SMILES string of the molecule is O=C([O-])[O-].[Na+].[Si+4]. The fourth-order valence-electron chi connectivity index (χ4n) is 0. The van der Waals surface area contributed by atoms with Gasteiger partial charge in [0.25, 0.3) is 0 Å². The standard InChI is InChI=1S/CH2O3.Na.Si/c2-1(3)4;;/h(H2,2,3,4);;/q;+1;+4/p-2. The number of carboxylic acid groups (broad SMARTS) is 2. The monoisotopic (exact) mass is 111 g/mol. The Hall–Kier alpha value is 0.487. The molecule has 0 saturated carbocycles. The van der Waals surface area contributed by atoms with Crippen molar-refractivity contribution in [3.05, 3.63) is 0 Å². The van der Waals surface area contributed by atoms with Crippen molar-refractivity contribution in [2.24, 2.45) is 0 Å². The Morgan fingerprint density at radius 2 is 1.33 bits per heavy atom. The van der Waals surface area contributed by atoms with Gasteiger partial charge >= 0.3 is 40.5 Å². The number of carbonyl (C=O) groups is 1. The van der Waals surface area contributed by atoms with E-state index in [1.807, 2.05) is 0 Å². The van der Waals surface area contributed by atoms with Crippen LogP contribution in [0.2, 0.25) is 0 Å². The van der Waals surface area contributed by atoms with Gasteiger partial charge in [0.1, 0.15) is 0 Å². The Bertz CT molecular complexity index is 33.8. The molecule has 0 heterocycles. The van der Waals surface area contributed by atoms with Gasteiger partial charge in [-0.2, -0.15) is 0 Å². The van der Waals surface area contributed by atoms with Gasteiger partial charge in [-0.05, 0) is 6.16 Å². The summed E-state index contributed by atoms with van der Waals surface area (Å²) in [5, 5.41) is 16.7. The molecule has 3 nitrogen and oxygen atoms in total. The maximum atomic E-state index is 8.33. The van der Waals surface area contributed by atoms with Crippen LogP contribution in [0.15, 0.2) is 0 Å². The summed E-state index contributed by atoms with van der Waals surface area (Å²) in [7, 11) is 0. The van der Waals surface area contributed by atoms with Gasteiger partial charge in [-0.3, -0.25) is 0 Å². The Kier molecular flexibility index (Phi) is 24.3. The zero-order valence-electron chi connectivity index (χ0n) is 3.22. The van der Waals surface area contributed by atoms with Crippen molar-refractivity contribution in [3.8, 4) is 0 Å². The molecule has 0 aromatic rings. The Labute approximate surface area is 61.7 Å². The van der Waals surface area contributed by atoms with Crippen molar-refractivity contribution in [1.82, 2.24) is 0 Å². The summed E-state index contributed by atoms with van der Waals surface area (Å²) in [6, 6.07) is 0. The van der Waals surface area contributed by atoms with Gasteiger partial charge in [0.15, 0.2) is 0 Å². The molecule has 0 fully saturated rings. The molecule has 5 heteroatoms. The number of hydrogen-bond donors (Lipinski definition) is 0. The number of carbonyl (C=O) groups excluding carboxylic acids is 1. The molecule has 0 amide bonds. The molecule has 0 aromatic heterocycles. The van der Waals surface area contributed by atoms with Crippen LogP contribution in [0.4, 0.5) is 4.79 Å². The fourth-order valence-corrected chi connectivity index (χ4v) is 0. The van der Waals surface area contributed by atoms with Crippen molar-refractivity contribution in [2.45, 2.75) is 0 Å². The molecule has 0 unspecified atom stereocenters. The Morgan fingerprint density at radius 1 is 1.33 bits per heavy atom. The van der Waals surface area contributed by atoms with Crippen LogP contribution in [-0.4, -0.2) is 17.1 Å². The topological polar surface area (TPSA) is 63.2 Å².